The van der Waals surface area contributed by atoms with Gasteiger partial charge in [0.15, 0.2) is 17.3 Å². The van der Waals surface area contributed by atoms with Gasteiger partial charge in [-0.25, -0.2) is 4.39 Å². The smallest absolute Gasteiger partial charge is 0.256 e. The summed E-state index contributed by atoms with van der Waals surface area (Å²) >= 11 is 6.24. The number of pyridine rings is 1. The van der Waals surface area contributed by atoms with Crippen LogP contribution in [0.25, 0.3) is 16.6 Å². The lowest BCUT2D eigenvalue weighted by Gasteiger charge is -2.33. The largest absolute Gasteiger partial charge is 0.451 e. The van der Waals surface area contributed by atoms with E-state index in [1.165, 1.54) is 12.3 Å². The number of morpholine rings is 1. The van der Waals surface area contributed by atoms with Gasteiger partial charge in [0.05, 0.1) is 24.3 Å². The molecule has 1 N–H and O–H groups in total. The van der Waals surface area contributed by atoms with Crippen LogP contribution in [-0.4, -0.2) is 67.9 Å². The number of likely N-dealkylation sites (tertiary alicyclic amines) is 1. The zero-order valence-corrected chi connectivity index (χ0v) is 20.4. The van der Waals surface area contributed by atoms with Crippen LogP contribution in [0.5, 0.6) is 11.5 Å². The molecule has 2 fully saturated rings. The standard InChI is InChI=1S/C26H26ClFN4O4/c27-16-3-4-20-21(13-16)36-25-22-17(14-19(28)23(25)31-9-11-35-12-10-31)24(33)18(15-32(20)22)26(34)29-5-8-30-6-1-2-7-30/h3-4,13-15H,1-2,5-12H2,(H,29,34). The molecule has 0 aliphatic carbocycles. The zero-order chi connectivity index (χ0) is 24.8. The van der Waals surface area contributed by atoms with Crippen molar-refractivity contribution in [3.05, 3.63) is 57.1 Å². The van der Waals surface area contributed by atoms with Gasteiger partial charge in [0, 0.05) is 43.5 Å². The maximum Gasteiger partial charge on any atom is 0.256 e. The van der Waals surface area contributed by atoms with E-state index in [9.17, 15) is 9.59 Å². The van der Waals surface area contributed by atoms with Crippen molar-refractivity contribution >= 4 is 34.1 Å². The van der Waals surface area contributed by atoms with E-state index in [4.69, 9.17) is 21.1 Å². The predicted octanol–water partition coefficient (Wildman–Crippen LogP) is 3.55. The number of nitrogens with zero attached hydrogens (tertiary/aromatic N) is 3. The van der Waals surface area contributed by atoms with E-state index in [0.717, 1.165) is 32.5 Å². The van der Waals surface area contributed by atoms with Crippen molar-refractivity contribution in [3.8, 4) is 17.2 Å². The summed E-state index contributed by atoms with van der Waals surface area (Å²) in [5.41, 5.74) is 0.729. The molecule has 10 heteroatoms. The first-order valence-corrected chi connectivity index (χ1v) is 12.6. The Morgan fingerprint density at radius 3 is 2.67 bits per heavy atom. The first-order chi connectivity index (χ1) is 17.5. The number of carbonyl (C=O) groups excluding carboxylic acids is 1. The molecule has 0 saturated carbocycles. The summed E-state index contributed by atoms with van der Waals surface area (Å²) in [7, 11) is 0. The highest BCUT2D eigenvalue weighted by molar-refractivity contribution is 6.30. The quantitative estimate of drug-likeness (QED) is 0.441. The number of fused-ring (bicyclic) bond motifs is 2. The van der Waals surface area contributed by atoms with E-state index in [-0.39, 0.29) is 22.4 Å². The van der Waals surface area contributed by atoms with Gasteiger partial charge in [-0.3, -0.25) is 9.59 Å². The monoisotopic (exact) mass is 512 g/mol. The molecule has 36 heavy (non-hydrogen) atoms. The van der Waals surface area contributed by atoms with Gasteiger partial charge in [-0.15, -0.1) is 0 Å². The molecule has 0 atom stereocenters. The van der Waals surface area contributed by atoms with Crippen LogP contribution in [0.3, 0.4) is 0 Å². The second-order valence-electron chi connectivity index (χ2n) is 9.29. The molecule has 3 aromatic rings. The summed E-state index contributed by atoms with van der Waals surface area (Å²) in [6.07, 6.45) is 3.85. The highest BCUT2D eigenvalue weighted by Gasteiger charge is 2.31. The lowest BCUT2D eigenvalue weighted by atomic mass is 10.1. The minimum absolute atomic E-state index is 0.0452. The number of hydrogen-bond donors (Lipinski definition) is 1. The van der Waals surface area contributed by atoms with Crippen molar-refractivity contribution < 1.29 is 18.7 Å². The highest BCUT2D eigenvalue weighted by Crippen LogP contribution is 2.47. The van der Waals surface area contributed by atoms with Crippen LogP contribution in [0.15, 0.2) is 35.3 Å². The van der Waals surface area contributed by atoms with E-state index >= 15 is 4.39 Å². The molecule has 2 saturated heterocycles. The number of anilines is 1. The van der Waals surface area contributed by atoms with E-state index in [0.29, 0.717) is 54.8 Å². The van der Waals surface area contributed by atoms with Crippen LogP contribution in [-0.2, 0) is 4.74 Å². The average molecular weight is 513 g/mol. The van der Waals surface area contributed by atoms with Crippen molar-refractivity contribution in [1.82, 2.24) is 14.8 Å². The van der Waals surface area contributed by atoms with Crippen molar-refractivity contribution in [3.63, 3.8) is 0 Å². The van der Waals surface area contributed by atoms with Gasteiger partial charge in [0.25, 0.3) is 5.91 Å². The highest BCUT2D eigenvalue weighted by atomic mass is 35.5. The van der Waals surface area contributed by atoms with Gasteiger partial charge >= 0.3 is 0 Å². The Morgan fingerprint density at radius 1 is 1.11 bits per heavy atom. The molecule has 0 radical (unpaired) electrons. The summed E-state index contributed by atoms with van der Waals surface area (Å²) in [5, 5.41) is 3.41. The molecule has 0 spiro atoms. The molecular weight excluding hydrogens is 487 g/mol. The van der Waals surface area contributed by atoms with Crippen molar-refractivity contribution in [2.24, 2.45) is 0 Å². The third kappa shape index (κ3) is 4.01. The number of rotatable bonds is 5. The lowest BCUT2D eigenvalue weighted by molar-refractivity contribution is 0.0948. The normalized spacial score (nSPS) is 17.2. The first-order valence-electron chi connectivity index (χ1n) is 12.2. The average Bonchev–Trinajstić information content (AvgIpc) is 3.39. The van der Waals surface area contributed by atoms with Gasteiger partial charge in [0.1, 0.15) is 16.8 Å². The second-order valence-corrected chi connectivity index (χ2v) is 9.73. The SMILES string of the molecule is O=C(NCCN1CCCC1)c1cn2c3c(c(N4CCOCC4)c(F)cc3c1=O)Oc1cc(Cl)ccc1-2. The fourth-order valence-electron chi connectivity index (χ4n) is 5.25. The molecule has 188 valence electrons. The van der Waals surface area contributed by atoms with Crippen molar-refractivity contribution in [2.45, 2.75) is 12.8 Å². The number of halogens is 2. The van der Waals surface area contributed by atoms with Gasteiger partial charge in [-0.1, -0.05) is 11.6 Å². The first kappa shape index (κ1) is 23.3. The predicted molar refractivity (Wildman–Crippen MR) is 136 cm³/mol. The Balaban J connectivity index is 1.47. The Hall–Kier alpha value is -3.14. The summed E-state index contributed by atoms with van der Waals surface area (Å²) in [4.78, 5) is 30.7. The lowest BCUT2D eigenvalue weighted by Crippen LogP contribution is -2.37. The molecule has 0 unspecified atom stereocenters. The van der Waals surface area contributed by atoms with Crippen LogP contribution in [0.1, 0.15) is 23.2 Å². The number of hydrogen-bond acceptors (Lipinski definition) is 6. The number of carbonyl (C=O) groups is 1. The van der Waals surface area contributed by atoms with Crippen molar-refractivity contribution in [2.75, 3.05) is 57.4 Å². The molecule has 6 rings (SSSR count). The molecule has 3 aliphatic heterocycles. The van der Waals surface area contributed by atoms with Crippen LogP contribution in [0, 0.1) is 5.82 Å². The van der Waals surface area contributed by atoms with Gasteiger partial charge in [-0.2, -0.15) is 0 Å². The summed E-state index contributed by atoms with van der Waals surface area (Å²) in [6.45, 7) is 5.10. The van der Waals surface area contributed by atoms with Crippen LogP contribution in [0.2, 0.25) is 5.02 Å². The summed E-state index contributed by atoms with van der Waals surface area (Å²) in [5.74, 6) is -0.411. The van der Waals surface area contributed by atoms with E-state index in [1.54, 1.807) is 22.8 Å². The van der Waals surface area contributed by atoms with Gasteiger partial charge in [-0.05, 0) is 44.1 Å². The fourth-order valence-corrected chi connectivity index (χ4v) is 5.42. The number of aromatic nitrogens is 1. The van der Waals surface area contributed by atoms with E-state index in [1.807, 2.05) is 4.90 Å². The fraction of sp³-hybridized carbons (Fsp3) is 0.385. The topological polar surface area (TPSA) is 76.0 Å². The number of nitrogens with one attached hydrogen (secondary N) is 1. The summed E-state index contributed by atoms with van der Waals surface area (Å²) < 4.78 is 29.0. The number of benzene rings is 2. The molecule has 4 heterocycles. The maximum atomic E-state index is 15.6. The van der Waals surface area contributed by atoms with Crippen LogP contribution >= 0.6 is 11.6 Å². The number of amides is 1. The Morgan fingerprint density at radius 2 is 1.89 bits per heavy atom. The van der Waals surface area contributed by atoms with Crippen LogP contribution < -0.4 is 20.4 Å². The van der Waals surface area contributed by atoms with Gasteiger partial charge < -0.3 is 29.2 Å². The second kappa shape index (κ2) is 9.38. The van der Waals surface area contributed by atoms with E-state index < -0.39 is 17.2 Å². The molecule has 1 amide bonds. The molecule has 2 aromatic carbocycles. The Labute approximate surface area is 212 Å². The molecule has 0 bridgehead atoms. The minimum atomic E-state index is -0.583. The maximum absolute atomic E-state index is 15.6. The molecular formula is C26H26ClFN4O4. The molecule has 8 nitrogen and oxygen atoms in total. The van der Waals surface area contributed by atoms with Crippen LogP contribution in [0.4, 0.5) is 10.1 Å². The van der Waals surface area contributed by atoms with E-state index in [2.05, 4.69) is 10.2 Å². The third-order valence-electron chi connectivity index (χ3n) is 7.05. The minimum Gasteiger partial charge on any atom is -0.451 e. The Kier molecular flexibility index (Phi) is 6.07. The molecule has 1 aromatic heterocycles. The third-order valence-corrected chi connectivity index (χ3v) is 7.28. The Bertz CT molecular complexity index is 1410. The zero-order valence-electron chi connectivity index (χ0n) is 19.7. The summed E-state index contributed by atoms with van der Waals surface area (Å²) in [6, 6.07) is 6.33. The van der Waals surface area contributed by atoms with Crippen molar-refractivity contribution in [1.29, 1.82) is 0 Å². The molecule has 3 aliphatic rings. The number of ether oxygens (including phenoxy) is 2. The van der Waals surface area contributed by atoms with Gasteiger partial charge in [0.2, 0.25) is 5.43 Å².